The van der Waals surface area contributed by atoms with Gasteiger partial charge in [0.25, 0.3) is 0 Å². The lowest BCUT2D eigenvalue weighted by Gasteiger charge is -2.33. The molecule has 0 rings (SSSR count). The molecule has 0 spiro atoms. The number of aliphatic hydroxyl groups excluding tert-OH is 2. The van der Waals surface area contributed by atoms with Crippen molar-refractivity contribution in [2.45, 2.75) is 52.2 Å². The predicted molar refractivity (Wildman–Crippen MR) is 54.4 cm³/mol. The topological polar surface area (TPSA) is 66.5 Å². The van der Waals surface area contributed by atoms with E-state index in [-0.39, 0.29) is 17.6 Å². The van der Waals surface area contributed by atoms with Gasteiger partial charge in [0.05, 0.1) is 12.7 Å². The molecule has 0 saturated carbocycles. The van der Waals surface area contributed by atoms with Crippen LogP contribution in [-0.4, -0.2) is 28.5 Å². The van der Waals surface area contributed by atoms with Crippen molar-refractivity contribution in [1.29, 1.82) is 0 Å². The van der Waals surface area contributed by atoms with Crippen molar-refractivity contribution in [2.75, 3.05) is 6.61 Å². The fraction of sp³-hybridized carbons (Fsp3) is 1.00. The molecule has 0 aliphatic rings. The molecule has 1 unspecified atom stereocenters. The van der Waals surface area contributed by atoms with Crippen molar-refractivity contribution >= 4 is 0 Å². The monoisotopic (exact) mass is 189 g/mol. The summed E-state index contributed by atoms with van der Waals surface area (Å²) in [4.78, 5) is 0. The zero-order valence-electron chi connectivity index (χ0n) is 9.17. The first kappa shape index (κ1) is 12.9. The van der Waals surface area contributed by atoms with Gasteiger partial charge in [0.2, 0.25) is 0 Å². The minimum Gasteiger partial charge on any atom is -0.394 e. The van der Waals surface area contributed by atoms with E-state index < -0.39 is 6.10 Å². The maximum atomic E-state index is 9.30. The van der Waals surface area contributed by atoms with Gasteiger partial charge in [-0.1, -0.05) is 13.8 Å². The van der Waals surface area contributed by atoms with Crippen LogP contribution in [-0.2, 0) is 0 Å². The van der Waals surface area contributed by atoms with Crippen molar-refractivity contribution in [3.8, 4) is 0 Å². The van der Waals surface area contributed by atoms with Gasteiger partial charge in [0.1, 0.15) is 0 Å². The van der Waals surface area contributed by atoms with E-state index in [0.29, 0.717) is 6.42 Å². The molecule has 13 heavy (non-hydrogen) atoms. The smallest absolute Gasteiger partial charge is 0.0776 e. The first-order valence-corrected chi connectivity index (χ1v) is 4.74. The molecule has 0 amide bonds. The lowest BCUT2D eigenvalue weighted by Crippen LogP contribution is -2.38. The summed E-state index contributed by atoms with van der Waals surface area (Å²) in [6, 6.07) is 0. The molecule has 80 valence electrons. The summed E-state index contributed by atoms with van der Waals surface area (Å²) in [5, 5.41) is 18.0. The third kappa shape index (κ3) is 6.99. The third-order valence-corrected chi connectivity index (χ3v) is 1.93. The Balaban J connectivity index is 4.08. The molecule has 4 N–H and O–H groups in total. The van der Waals surface area contributed by atoms with Gasteiger partial charge < -0.3 is 15.9 Å². The molecule has 0 radical (unpaired) electrons. The highest BCUT2D eigenvalue weighted by molar-refractivity contribution is 4.83. The normalized spacial score (nSPS) is 15.9. The van der Waals surface area contributed by atoms with E-state index >= 15 is 0 Å². The van der Waals surface area contributed by atoms with Gasteiger partial charge >= 0.3 is 0 Å². The number of aliphatic hydroxyl groups is 2. The van der Waals surface area contributed by atoms with E-state index in [1.807, 2.05) is 13.8 Å². The zero-order valence-corrected chi connectivity index (χ0v) is 9.17. The van der Waals surface area contributed by atoms with Crippen molar-refractivity contribution in [3.05, 3.63) is 0 Å². The molecular weight excluding hydrogens is 166 g/mol. The molecule has 0 aromatic rings. The van der Waals surface area contributed by atoms with Gasteiger partial charge in [-0.15, -0.1) is 0 Å². The first-order chi connectivity index (χ1) is 5.66. The van der Waals surface area contributed by atoms with Crippen LogP contribution < -0.4 is 5.73 Å². The Hall–Kier alpha value is -0.120. The SMILES string of the molecule is CC(C)(N)CC(C)(C)CC(O)CO. The van der Waals surface area contributed by atoms with Crippen LogP contribution in [0.1, 0.15) is 40.5 Å². The maximum absolute atomic E-state index is 9.30. The Morgan fingerprint density at radius 1 is 1.23 bits per heavy atom. The average Bonchev–Trinajstić information content (AvgIpc) is 1.80. The van der Waals surface area contributed by atoms with Gasteiger partial charge in [-0.05, 0) is 32.1 Å². The van der Waals surface area contributed by atoms with Crippen LogP contribution >= 0.6 is 0 Å². The standard InChI is InChI=1S/C10H23NO2/c1-9(2,5-8(13)6-12)7-10(3,4)11/h8,12-13H,5-7,11H2,1-4H3. The van der Waals surface area contributed by atoms with Crippen LogP contribution in [0.5, 0.6) is 0 Å². The Labute approximate surface area is 81.0 Å². The Morgan fingerprint density at radius 3 is 2.00 bits per heavy atom. The van der Waals surface area contributed by atoms with E-state index in [9.17, 15) is 5.11 Å². The van der Waals surface area contributed by atoms with Crippen molar-refractivity contribution < 1.29 is 10.2 Å². The molecular formula is C10H23NO2. The van der Waals surface area contributed by atoms with E-state index in [4.69, 9.17) is 10.8 Å². The maximum Gasteiger partial charge on any atom is 0.0776 e. The van der Waals surface area contributed by atoms with E-state index in [1.165, 1.54) is 0 Å². The second kappa shape index (κ2) is 4.40. The largest absolute Gasteiger partial charge is 0.394 e. The number of nitrogens with two attached hydrogens (primary N) is 1. The van der Waals surface area contributed by atoms with Gasteiger partial charge in [-0.3, -0.25) is 0 Å². The highest BCUT2D eigenvalue weighted by Crippen LogP contribution is 2.31. The van der Waals surface area contributed by atoms with E-state index in [1.54, 1.807) is 0 Å². The first-order valence-electron chi connectivity index (χ1n) is 4.74. The van der Waals surface area contributed by atoms with Crippen LogP contribution in [0.2, 0.25) is 0 Å². The van der Waals surface area contributed by atoms with Gasteiger partial charge in [-0.25, -0.2) is 0 Å². The fourth-order valence-corrected chi connectivity index (χ4v) is 2.01. The van der Waals surface area contributed by atoms with Gasteiger partial charge in [-0.2, -0.15) is 0 Å². The quantitative estimate of drug-likeness (QED) is 0.601. The van der Waals surface area contributed by atoms with Crippen molar-refractivity contribution in [3.63, 3.8) is 0 Å². The summed E-state index contributed by atoms with van der Waals surface area (Å²) >= 11 is 0. The molecule has 0 aliphatic heterocycles. The van der Waals surface area contributed by atoms with E-state index in [0.717, 1.165) is 6.42 Å². The molecule has 0 aromatic carbocycles. The van der Waals surface area contributed by atoms with Crippen LogP contribution in [0.25, 0.3) is 0 Å². The Bertz CT molecular complexity index is 149. The highest BCUT2D eigenvalue weighted by Gasteiger charge is 2.27. The summed E-state index contributed by atoms with van der Waals surface area (Å²) < 4.78 is 0. The lowest BCUT2D eigenvalue weighted by atomic mass is 9.77. The molecule has 0 aliphatic carbocycles. The number of hydrogen-bond donors (Lipinski definition) is 3. The fourth-order valence-electron chi connectivity index (χ4n) is 2.01. The van der Waals surface area contributed by atoms with Crippen molar-refractivity contribution in [2.24, 2.45) is 11.1 Å². The van der Waals surface area contributed by atoms with Crippen LogP contribution in [0.4, 0.5) is 0 Å². The number of hydrogen-bond acceptors (Lipinski definition) is 3. The number of rotatable bonds is 5. The van der Waals surface area contributed by atoms with E-state index in [2.05, 4.69) is 13.8 Å². The summed E-state index contributed by atoms with van der Waals surface area (Å²) in [6.45, 7) is 7.88. The lowest BCUT2D eigenvalue weighted by molar-refractivity contribution is 0.0489. The second-order valence-electron chi connectivity index (χ2n) is 5.37. The summed E-state index contributed by atoms with van der Waals surface area (Å²) in [5.41, 5.74) is 5.64. The molecule has 3 heteroatoms. The van der Waals surface area contributed by atoms with Crippen LogP contribution in [0, 0.1) is 5.41 Å². The predicted octanol–water partition coefficient (Wildman–Crippen LogP) is 0.883. The van der Waals surface area contributed by atoms with Gasteiger partial charge in [0.15, 0.2) is 0 Å². The highest BCUT2D eigenvalue weighted by atomic mass is 16.3. The second-order valence-corrected chi connectivity index (χ2v) is 5.37. The molecule has 1 atom stereocenters. The summed E-state index contributed by atoms with van der Waals surface area (Å²) in [5.74, 6) is 0. The summed E-state index contributed by atoms with van der Waals surface area (Å²) in [7, 11) is 0. The third-order valence-electron chi connectivity index (χ3n) is 1.93. The molecule has 3 nitrogen and oxygen atoms in total. The Morgan fingerprint density at radius 2 is 1.69 bits per heavy atom. The minimum absolute atomic E-state index is 0.0274. The van der Waals surface area contributed by atoms with Crippen LogP contribution in [0.3, 0.4) is 0 Å². The molecule has 0 bridgehead atoms. The average molecular weight is 189 g/mol. The Kier molecular flexibility index (Phi) is 4.36. The molecule has 0 saturated heterocycles. The molecule has 0 aromatic heterocycles. The summed E-state index contributed by atoms with van der Waals surface area (Å²) in [6.07, 6.45) is 0.790. The van der Waals surface area contributed by atoms with Crippen molar-refractivity contribution in [1.82, 2.24) is 0 Å². The van der Waals surface area contributed by atoms with Crippen LogP contribution in [0.15, 0.2) is 0 Å². The minimum atomic E-state index is -0.627. The molecule has 0 fully saturated rings. The zero-order chi connectivity index (χ0) is 10.7. The van der Waals surface area contributed by atoms with Gasteiger partial charge in [0, 0.05) is 5.54 Å². The molecule has 0 heterocycles.